The third-order valence-electron chi connectivity index (χ3n) is 3.75. The minimum Gasteiger partial charge on any atom is -0.465 e. The lowest BCUT2D eigenvalue weighted by Gasteiger charge is -2.31. The summed E-state index contributed by atoms with van der Waals surface area (Å²) in [4.78, 5) is 24.9. The summed E-state index contributed by atoms with van der Waals surface area (Å²) in [5.41, 5.74) is 0. The smallest absolute Gasteiger partial charge is 0.407 e. The number of carbonyl (C=O) groups is 2. The van der Waals surface area contributed by atoms with E-state index in [-0.39, 0.29) is 11.9 Å². The largest absolute Gasteiger partial charge is 0.465 e. The highest BCUT2D eigenvalue weighted by Crippen LogP contribution is 2.23. The Labute approximate surface area is 132 Å². The zero-order valence-corrected chi connectivity index (χ0v) is 13.4. The van der Waals surface area contributed by atoms with E-state index in [1.165, 1.54) is 16.2 Å². The number of nitrogens with zero attached hydrogens (tertiary/aromatic N) is 1. The predicted octanol–water partition coefficient (Wildman–Crippen LogP) is 3.30. The molecular formula is C14H19ClN2O3S. The van der Waals surface area contributed by atoms with Crippen molar-refractivity contribution in [1.82, 2.24) is 10.2 Å². The summed E-state index contributed by atoms with van der Waals surface area (Å²) >= 11 is 7.09. The number of carboxylic acid groups (broad SMARTS) is 1. The first kappa shape index (κ1) is 16.1. The van der Waals surface area contributed by atoms with E-state index in [0.29, 0.717) is 28.2 Å². The Morgan fingerprint density at radius 3 is 2.67 bits per heavy atom. The van der Waals surface area contributed by atoms with Crippen molar-refractivity contribution in [2.45, 2.75) is 32.2 Å². The molecule has 1 aromatic rings. The van der Waals surface area contributed by atoms with Crippen LogP contribution < -0.4 is 5.32 Å². The van der Waals surface area contributed by atoms with Gasteiger partial charge in [0.2, 0.25) is 0 Å². The van der Waals surface area contributed by atoms with Gasteiger partial charge < -0.3 is 15.3 Å². The Hall–Kier alpha value is -1.27. The topological polar surface area (TPSA) is 69.6 Å². The minimum atomic E-state index is -0.843. The van der Waals surface area contributed by atoms with Crippen LogP contribution in [0.15, 0.2) is 12.1 Å². The number of halogens is 1. The summed E-state index contributed by atoms with van der Waals surface area (Å²) in [6.45, 7) is 3.15. The van der Waals surface area contributed by atoms with Gasteiger partial charge in [0.15, 0.2) is 0 Å². The van der Waals surface area contributed by atoms with Crippen molar-refractivity contribution in [2.75, 3.05) is 13.1 Å². The third-order valence-corrected chi connectivity index (χ3v) is 4.98. The number of likely N-dealkylation sites (tertiary alicyclic amines) is 1. The molecule has 0 bridgehead atoms. The lowest BCUT2D eigenvalue weighted by atomic mass is 9.91. The highest BCUT2D eigenvalue weighted by Gasteiger charge is 2.24. The molecule has 2 amide bonds. The van der Waals surface area contributed by atoms with Gasteiger partial charge in [-0.15, -0.1) is 11.3 Å². The first-order chi connectivity index (χ1) is 9.95. The van der Waals surface area contributed by atoms with Gasteiger partial charge in [0, 0.05) is 19.1 Å². The van der Waals surface area contributed by atoms with E-state index in [1.807, 2.05) is 6.92 Å². The molecule has 0 spiro atoms. The molecule has 0 radical (unpaired) electrons. The quantitative estimate of drug-likeness (QED) is 0.890. The summed E-state index contributed by atoms with van der Waals surface area (Å²) < 4.78 is 0.605. The number of carbonyl (C=O) groups excluding carboxylic acids is 1. The van der Waals surface area contributed by atoms with Crippen LogP contribution in [0.5, 0.6) is 0 Å². The van der Waals surface area contributed by atoms with Gasteiger partial charge in [-0.2, -0.15) is 0 Å². The van der Waals surface area contributed by atoms with Gasteiger partial charge in [-0.1, -0.05) is 11.6 Å². The third kappa shape index (κ3) is 4.61. The van der Waals surface area contributed by atoms with Crippen LogP contribution in [0.25, 0.3) is 0 Å². The summed E-state index contributed by atoms with van der Waals surface area (Å²) in [6, 6.07) is 3.51. The van der Waals surface area contributed by atoms with E-state index in [9.17, 15) is 9.59 Å². The Morgan fingerprint density at radius 2 is 2.14 bits per heavy atom. The molecule has 116 valence electrons. The van der Waals surface area contributed by atoms with Crippen LogP contribution >= 0.6 is 22.9 Å². The van der Waals surface area contributed by atoms with Gasteiger partial charge in [0.25, 0.3) is 5.91 Å². The lowest BCUT2D eigenvalue weighted by Crippen LogP contribution is -2.40. The highest BCUT2D eigenvalue weighted by atomic mass is 35.5. The second-order valence-electron chi connectivity index (χ2n) is 5.43. The summed E-state index contributed by atoms with van der Waals surface area (Å²) in [5, 5.41) is 11.9. The van der Waals surface area contributed by atoms with Crippen LogP contribution in [-0.2, 0) is 0 Å². The molecular weight excluding hydrogens is 312 g/mol. The molecule has 21 heavy (non-hydrogen) atoms. The Morgan fingerprint density at radius 1 is 1.48 bits per heavy atom. The van der Waals surface area contributed by atoms with Crippen LogP contribution in [-0.4, -0.2) is 41.1 Å². The summed E-state index contributed by atoms with van der Waals surface area (Å²) in [5.74, 6) is 0.366. The van der Waals surface area contributed by atoms with Gasteiger partial charge in [0.05, 0.1) is 9.21 Å². The van der Waals surface area contributed by atoms with Crippen LogP contribution in [0.2, 0.25) is 4.34 Å². The highest BCUT2D eigenvalue weighted by molar-refractivity contribution is 7.17. The molecule has 1 atom stereocenters. The van der Waals surface area contributed by atoms with E-state index < -0.39 is 6.09 Å². The van der Waals surface area contributed by atoms with Crippen LogP contribution in [0, 0.1) is 5.92 Å². The van der Waals surface area contributed by atoms with E-state index in [2.05, 4.69) is 5.32 Å². The molecule has 1 saturated heterocycles. The molecule has 1 fully saturated rings. The SMILES string of the molecule is CC(CC1CCN(C(=O)O)CC1)NC(=O)c1ccc(Cl)s1. The van der Waals surface area contributed by atoms with Crippen LogP contribution in [0.3, 0.4) is 0 Å². The second kappa shape index (κ2) is 7.13. The molecule has 0 aliphatic carbocycles. The van der Waals surface area contributed by atoms with Gasteiger partial charge in [-0.25, -0.2) is 4.79 Å². The fraction of sp³-hybridized carbons (Fsp3) is 0.571. The zero-order chi connectivity index (χ0) is 15.4. The molecule has 0 saturated carbocycles. The lowest BCUT2D eigenvalue weighted by molar-refractivity contribution is 0.0932. The minimum absolute atomic E-state index is 0.0692. The fourth-order valence-corrected chi connectivity index (χ4v) is 3.60. The molecule has 1 aliphatic rings. The second-order valence-corrected chi connectivity index (χ2v) is 7.14. The van der Waals surface area contributed by atoms with Crippen LogP contribution in [0.4, 0.5) is 4.79 Å². The number of hydrogen-bond donors (Lipinski definition) is 2. The van der Waals surface area contributed by atoms with Gasteiger partial charge >= 0.3 is 6.09 Å². The molecule has 1 aliphatic heterocycles. The molecule has 2 rings (SSSR count). The van der Waals surface area contributed by atoms with Gasteiger partial charge in [-0.3, -0.25) is 4.79 Å². The molecule has 1 unspecified atom stereocenters. The molecule has 1 aromatic heterocycles. The van der Waals surface area contributed by atoms with E-state index >= 15 is 0 Å². The summed E-state index contributed by atoms with van der Waals surface area (Å²) in [6.07, 6.45) is 1.75. The maximum Gasteiger partial charge on any atom is 0.407 e. The average molecular weight is 331 g/mol. The summed E-state index contributed by atoms with van der Waals surface area (Å²) in [7, 11) is 0. The van der Waals surface area contributed by atoms with Crippen molar-refractivity contribution >= 4 is 34.9 Å². The Balaban J connectivity index is 1.76. The number of amides is 2. The van der Waals surface area contributed by atoms with Crippen molar-refractivity contribution in [3.8, 4) is 0 Å². The number of hydrogen-bond acceptors (Lipinski definition) is 3. The maximum absolute atomic E-state index is 12.0. The molecule has 0 aromatic carbocycles. The first-order valence-corrected chi connectivity index (χ1v) is 8.19. The van der Waals surface area contributed by atoms with Crippen molar-refractivity contribution in [3.63, 3.8) is 0 Å². The van der Waals surface area contributed by atoms with Gasteiger partial charge in [0.1, 0.15) is 0 Å². The van der Waals surface area contributed by atoms with Crippen molar-refractivity contribution in [2.24, 2.45) is 5.92 Å². The van der Waals surface area contributed by atoms with Crippen molar-refractivity contribution in [3.05, 3.63) is 21.3 Å². The zero-order valence-electron chi connectivity index (χ0n) is 11.8. The number of nitrogens with one attached hydrogen (secondary N) is 1. The van der Waals surface area contributed by atoms with Crippen LogP contribution in [0.1, 0.15) is 35.9 Å². The Kier molecular flexibility index (Phi) is 5.47. The molecule has 2 heterocycles. The molecule has 7 heteroatoms. The monoisotopic (exact) mass is 330 g/mol. The fourth-order valence-electron chi connectivity index (χ4n) is 2.65. The molecule has 5 nitrogen and oxygen atoms in total. The maximum atomic E-state index is 12.0. The van der Waals surface area contributed by atoms with E-state index in [0.717, 1.165) is 19.3 Å². The average Bonchev–Trinajstić information content (AvgIpc) is 2.86. The van der Waals surface area contributed by atoms with Gasteiger partial charge in [-0.05, 0) is 44.2 Å². The van der Waals surface area contributed by atoms with Crippen molar-refractivity contribution in [1.29, 1.82) is 0 Å². The number of thiophene rings is 1. The van der Waals surface area contributed by atoms with Crippen molar-refractivity contribution < 1.29 is 14.7 Å². The number of piperidine rings is 1. The normalized spacial score (nSPS) is 17.5. The number of rotatable bonds is 4. The standard InChI is InChI=1S/C14H19ClN2O3S/c1-9(16-13(18)11-2-3-12(15)21-11)8-10-4-6-17(7-5-10)14(19)20/h2-3,9-10H,4-8H2,1H3,(H,16,18)(H,19,20). The molecule has 2 N–H and O–H groups in total. The van der Waals surface area contributed by atoms with E-state index in [1.54, 1.807) is 12.1 Å². The first-order valence-electron chi connectivity index (χ1n) is 6.99. The predicted molar refractivity (Wildman–Crippen MR) is 83.2 cm³/mol. The Bertz CT molecular complexity index is 512. The van der Waals surface area contributed by atoms with E-state index in [4.69, 9.17) is 16.7 Å².